The third-order valence-electron chi connectivity index (χ3n) is 8.86. The fourth-order valence-corrected chi connectivity index (χ4v) is 6.60. The predicted molar refractivity (Wildman–Crippen MR) is 161 cm³/mol. The first-order valence-corrected chi connectivity index (χ1v) is 15.0. The molecule has 2 fully saturated rings. The van der Waals surface area contributed by atoms with Gasteiger partial charge in [-0.05, 0) is 74.7 Å². The number of imidazole rings is 1. The Balaban J connectivity index is 1.12. The van der Waals surface area contributed by atoms with Crippen molar-refractivity contribution in [3.63, 3.8) is 0 Å². The van der Waals surface area contributed by atoms with Gasteiger partial charge in [0.1, 0.15) is 22.9 Å². The van der Waals surface area contributed by atoms with Crippen LogP contribution in [0, 0.1) is 5.82 Å². The third kappa shape index (κ3) is 5.14. The van der Waals surface area contributed by atoms with E-state index in [1.54, 1.807) is 19.1 Å². The molecule has 0 radical (unpaired) electrons. The van der Waals surface area contributed by atoms with Crippen LogP contribution < -0.4 is 14.2 Å². The molecule has 4 heterocycles. The van der Waals surface area contributed by atoms with Crippen LogP contribution in [0.4, 0.5) is 4.39 Å². The van der Waals surface area contributed by atoms with Crippen molar-refractivity contribution in [2.24, 2.45) is 0 Å². The number of para-hydroxylation sites is 1. The third-order valence-corrected chi connectivity index (χ3v) is 9.09. The number of methoxy groups -OCH3 is 1. The first-order valence-electron chi connectivity index (χ1n) is 16.1. The van der Waals surface area contributed by atoms with E-state index < -0.39 is 24.6 Å². The number of carboxylic acid groups (broad SMARTS) is 1. The Morgan fingerprint density at radius 3 is 2.73 bits per heavy atom. The van der Waals surface area contributed by atoms with Gasteiger partial charge in [0.15, 0.2) is 11.5 Å². The van der Waals surface area contributed by atoms with E-state index in [4.69, 9.17) is 39.6 Å². The molecule has 0 spiro atoms. The van der Waals surface area contributed by atoms with Gasteiger partial charge in [-0.15, -0.1) is 0 Å². The molecule has 2 saturated heterocycles. The highest BCUT2D eigenvalue weighted by Crippen LogP contribution is 2.50. The molecule has 9 nitrogen and oxygen atoms in total. The van der Waals surface area contributed by atoms with Crippen molar-refractivity contribution in [3.05, 3.63) is 81.9 Å². The first-order chi connectivity index (χ1) is 22.4. The summed E-state index contributed by atoms with van der Waals surface area (Å²) in [5.74, 6) is -1.12. The van der Waals surface area contributed by atoms with Crippen molar-refractivity contribution in [1.29, 1.82) is 0 Å². The summed E-state index contributed by atoms with van der Waals surface area (Å²) in [7, 11) is -2.78. The van der Waals surface area contributed by atoms with Crippen molar-refractivity contribution in [3.8, 4) is 17.2 Å². The number of rotatable bonds is 8. The van der Waals surface area contributed by atoms with E-state index in [1.807, 2.05) is 22.8 Å². The Labute approximate surface area is 263 Å². The molecule has 7 rings (SSSR count). The summed E-state index contributed by atoms with van der Waals surface area (Å²) < 4.78 is 63.1. The number of carboxylic acids is 1. The maximum Gasteiger partial charge on any atom is 0.335 e. The smallest absolute Gasteiger partial charge is 0.335 e. The van der Waals surface area contributed by atoms with Crippen molar-refractivity contribution in [2.45, 2.75) is 57.1 Å². The van der Waals surface area contributed by atoms with Gasteiger partial charge in [-0.1, -0.05) is 23.7 Å². The van der Waals surface area contributed by atoms with E-state index >= 15 is 0 Å². The van der Waals surface area contributed by atoms with Gasteiger partial charge in [-0.3, -0.25) is 4.90 Å². The van der Waals surface area contributed by atoms with E-state index in [0.29, 0.717) is 53.1 Å². The lowest BCUT2D eigenvalue weighted by Crippen LogP contribution is -2.35. The zero-order valence-corrected chi connectivity index (χ0v) is 24.8. The maximum absolute atomic E-state index is 14.9. The molecule has 0 saturated carbocycles. The van der Waals surface area contributed by atoms with E-state index in [-0.39, 0.29) is 28.9 Å². The minimum absolute atomic E-state index is 0.0493. The second-order valence-corrected chi connectivity index (χ2v) is 12.1. The molecule has 1 unspecified atom stereocenters. The number of hydrogen-bond donors (Lipinski definition) is 1. The van der Waals surface area contributed by atoms with Crippen LogP contribution in [-0.2, 0) is 23.6 Å². The van der Waals surface area contributed by atoms with Crippen LogP contribution in [0.5, 0.6) is 17.2 Å². The Morgan fingerprint density at radius 1 is 1.20 bits per heavy atom. The predicted octanol–water partition coefficient (Wildman–Crippen LogP) is 6.35. The minimum atomic E-state index is -2.78. The molecule has 44 heavy (non-hydrogen) atoms. The number of aromatic nitrogens is 2. The molecule has 0 aliphatic carbocycles. The number of aromatic carboxylic acids is 1. The molecule has 0 bridgehead atoms. The molecule has 2 atom stereocenters. The first kappa shape index (κ1) is 25.5. The molecule has 0 amide bonds. The van der Waals surface area contributed by atoms with Gasteiger partial charge < -0.3 is 28.6 Å². The highest BCUT2D eigenvalue weighted by molar-refractivity contribution is 6.30. The average Bonchev–Trinajstić information content (AvgIpc) is 3.51. The molecule has 4 aromatic rings. The maximum atomic E-state index is 14.9. The Kier molecular flexibility index (Phi) is 6.51. The SMILES string of the molecule is [2H]C([2H])([2H])Oc1cc(C(=O)O)cc2c1nc(CN1CCC(c3cccc4c3OC(C)(c3ccc(Cl)cc3F)O4)CC1)n2C[C@@H]1CCO1. The fourth-order valence-electron chi connectivity index (χ4n) is 6.44. The molecule has 3 aliphatic heterocycles. The van der Waals surface area contributed by atoms with Crippen LogP contribution in [0.15, 0.2) is 48.5 Å². The zero-order valence-electron chi connectivity index (χ0n) is 27.0. The van der Waals surface area contributed by atoms with Gasteiger partial charge in [0.2, 0.25) is 0 Å². The lowest BCUT2D eigenvalue weighted by atomic mass is 9.88. The van der Waals surface area contributed by atoms with Crippen LogP contribution >= 0.6 is 11.6 Å². The second kappa shape index (κ2) is 11.3. The van der Waals surface area contributed by atoms with Crippen LogP contribution in [0.2, 0.25) is 5.02 Å². The number of halogens is 2. The zero-order chi connectivity index (χ0) is 33.1. The van der Waals surface area contributed by atoms with Crippen molar-refractivity contribution in [2.75, 3.05) is 26.7 Å². The number of fused-ring (bicyclic) bond motifs is 2. The van der Waals surface area contributed by atoms with Crippen LogP contribution in [0.1, 0.15) is 63.5 Å². The summed E-state index contributed by atoms with van der Waals surface area (Å²) in [4.78, 5) is 19.0. The summed E-state index contributed by atoms with van der Waals surface area (Å²) in [6.07, 6.45) is 2.44. The number of hydrogen-bond acceptors (Lipinski definition) is 7. The molecule has 1 N–H and O–H groups in total. The lowest BCUT2D eigenvalue weighted by Gasteiger charge is -2.33. The summed E-state index contributed by atoms with van der Waals surface area (Å²) in [6.45, 7) is 4.74. The highest BCUT2D eigenvalue weighted by Gasteiger charge is 2.43. The number of nitrogens with zero attached hydrogens (tertiary/aromatic N) is 3. The normalized spacial score (nSPS) is 23.2. The molecular formula is C33H33ClFN3O6. The van der Waals surface area contributed by atoms with Crippen LogP contribution in [-0.4, -0.2) is 58.4 Å². The summed E-state index contributed by atoms with van der Waals surface area (Å²) in [5, 5.41) is 10.0. The van der Waals surface area contributed by atoms with Crippen LogP contribution in [0.3, 0.4) is 0 Å². The van der Waals surface area contributed by atoms with E-state index in [1.165, 1.54) is 18.2 Å². The van der Waals surface area contributed by atoms with Gasteiger partial charge in [0.25, 0.3) is 5.79 Å². The van der Waals surface area contributed by atoms with Gasteiger partial charge >= 0.3 is 5.97 Å². The molecule has 230 valence electrons. The molecule has 11 heteroatoms. The number of ether oxygens (including phenoxy) is 4. The Hall–Kier alpha value is -3.86. The van der Waals surface area contributed by atoms with Crippen molar-refractivity contribution < 1.29 is 37.4 Å². The Bertz CT molecular complexity index is 1860. The van der Waals surface area contributed by atoms with Gasteiger partial charge in [0.05, 0.1) is 47.0 Å². The van der Waals surface area contributed by atoms with Gasteiger partial charge in [0, 0.05) is 24.1 Å². The molecular weight excluding hydrogens is 589 g/mol. The molecule has 1 aromatic heterocycles. The summed E-state index contributed by atoms with van der Waals surface area (Å²) in [5.41, 5.74) is 1.96. The summed E-state index contributed by atoms with van der Waals surface area (Å²) in [6, 6.07) is 12.9. The standard InChI is InChI=1S/C33H33ClFN3O6/c1-33(24-7-6-21(34)16-25(24)35)43-27-5-3-4-23(31(27)44-33)19-8-11-37(12-9-19)18-29-36-30-26(38(29)17-22-10-13-42-22)14-20(32(39)40)15-28(30)41-2/h3-7,14-16,19,22H,8-13,17-18H2,1-2H3,(H,39,40)/t22-,33?/m0/s1/i2D3. The monoisotopic (exact) mass is 624 g/mol. The number of piperidine rings is 1. The quantitative estimate of drug-likeness (QED) is 0.242. The Morgan fingerprint density at radius 2 is 2.02 bits per heavy atom. The largest absolute Gasteiger partial charge is 0.494 e. The number of likely N-dealkylation sites (tertiary alicyclic amines) is 1. The number of carbonyl (C=O) groups is 1. The van der Waals surface area contributed by atoms with E-state index in [9.17, 15) is 14.3 Å². The summed E-state index contributed by atoms with van der Waals surface area (Å²) >= 11 is 5.97. The number of benzene rings is 3. The fraction of sp³-hybridized carbons (Fsp3) is 0.394. The van der Waals surface area contributed by atoms with Gasteiger partial charge in [-0.2, -0.15) is 0 Å². The van der Waals surface area contributed by atoms with Crippen LogP contribution in [0.25, 0.3) is 11.0 Å². The van der Waals surface area contributed by atoms with Gasteiger partial charge in [-0.25, -0.2) is 14.2 Å². The average molecular weight is 625 g/mol. The van der Waals surface area contributed by atoms with E-state index in [0.717, 1.165) is 37.9 Å². The molecule has 3 aromatic carbocycles. The van der Waals surface area contributed by atoms with E-state index in [2.05, 4.69) is 4.90 Å². The molecule has 3 aliphatic rings. The topological polar surface area (TPSA) is 95.3 Å². The highest BCUT2D eigenvalue weighted by atomic mass is 35.5. The van der Waals surface area contributed by atoms with Crippen molar-refractivity contribution >= 4 is 28.6 Å². The van der Waals surface area contributed by atoms with Crippen molar-refractivity contribution in [1.82, 2.24) is 14.5 Å². The second-order valence-electron chi connectivity index (χ2n) is 11.7. The minimum Gasteiger partial charge on any atom is -0.494 e. The lowest BCUT2D eigenvalue weighted by molar-refractivity contribution is -0.0712.